The number of methoxy groups -OCH3 is 1. The van der Waals surface area contributed by atoms with E-state index in [0.717, 1.165) is 16.4 Å². The highest BCUT2D eigenvalue weighted by Crippen LogP contribution is 2.33. The minimum atomic E-state index is -4.76. The van der Waals surface area contributed by atoms with Crippen LogP contribution in [-0.2, 0) is 6.18 Å². The van der Waals surface area contributed by atoms with E-state index >= 15 is 0 Å². The number of amides is 1. The fourth-order valence-corrected chi connectivity index (χ4v) is 2.77. The summed E-state index contributed by atoms with van der Waals surface area (Å²) in [5, 5.41) is 6.22. The standard InChI is InChI=1S/C21H20F3N3O3/c1-14-3-5-15(6-4-14)27-19(21(22,23)24)18(13-26-27)20(28)25-11-12-30-17-9-7-16(29-2)8-10-17/h3-10,13H,11-12H2,1-2H3,(H,25,28). The normalized spacial score (nSPS) is 11.2. The van der Waals surface area contributed by atoms with Crippen LogP contribution in [0, 0.1) is 6.92 Å². The van der Waals surface area contributed by atoms with Crippen molar-refractivity contribution >= 4 is 5.91 Å². The summed E-state index contributed by atoms with van der Waals surface area (Å²) >= 11 is 0. The lowest BCUT2D eigenvalue weighted by molar-refractivity contribution is -0.143. The number of nitrogens with one attached hydrogen (secondary N) is 1. The zero-order valence-electron chi connectivity index (χ0n) is 16.4. The lowest BCUT2D eigenvalue weighted by Gasteiger charge is -2.13. The molecule has 0 radical (unpaired) electrons. The number of halogens is 3. The number of ether oxygens (including phenoxy) is 2. The van der Waals surface area contributed by atoms with E-state index in [9.17, 15) is 18.0 Å². The molecule has 30 heavy (non-hydrogen) atoms. The predicted molar refractivity (Wildman–Crippen MR) is 104 cm³/mol. The summed E-state index contributed by atoms with van der Waals surface area (Å²) in [6, 6.07) is 13.2. The van der Waals surface area contributed by atoms with Crippen molar-refractivity contribution in [2.24, 2.45) is 0 Å². The zero-order chi connectivity index (χ0) is 21.7. The lowest BCUT2D eigenvalue weighted by Crippen LogP contribution is -2.30. The highest BCUT2D eigenvalue weighted by molar-refractivity contribution is 5.95. The number of carbonyl (C=O) groups excluding carboxylic acids is 1. The molecule has 0 aliphatic rings. The molecule has 2 aromatic carbocycles. The SMILES string of the molecule is COc1ccc(OCCNC(=O)c2cnn(-c3ccc(C)cc3)c2C(F)(F)F)cc1. The lowest BCUT2D eigenvalue weighted by atomic mass is 10.2. The van der Waals surface area contributed by atoms with Gasteiger partial charge in [0.1, 0.15) is 18.1 Å². The number of benzene rings is 2. The second-order valence-corrected chi connectivity index (χ2v) is 6.43. The number of aromatic nitrogens is 2. The van der Waals surface area contributed by atoms with Crippen molar-refractivity contribution in [2.75, 3.05) is 20.3 Å². The van der Waals surface area contributed by atoms with Gasteiger partial charge >= 0.3 is 6.18 Å². The molecular weight excluding hydrogens is 399 g/mol. The molecular formula is C21H20F3N3O3. The van der Waals surface area contributed by atoms with Crippen LogP contribution in [0.4, 0.5) is 13.2 Å². The van der Waals surface area contributed by atoms with Crippen LogP contribution in [0.25, 0.3) is 5.69 Å². The molecule has 6 nitrogen and oxygen atoms in total. The van der Waals surface area contributed by atoms with Crippen molar-refractivity contribution in [2.45, 2.75) is 13.1 Å². The molecule has 0 aliphatic carbocycles. The van der Waals surface area contributed by atoms with Crippen LogP contribution in [0.15, 0.2) is 54.7 Å². The summed E-state index contributed by atoms with van der Waals surface area (Å²) in [4.78, 5) is 12.4. The first-order chi connectivity index (χ1) is 14.3. The van der Waals surface area contributed by atoms with E-state index in [2.05, 4.69) is 10.4 Å². The van der Waals surface area contributed by atoms with Gasteiger partial charge in [0.05, 0.1) is 31.1 Å². The largest absolute Gasteiger partial charge is 0.497 e. The number of hydrogen-bond donors (Lipinski definition) is 1. The van der Waals surface area contributed by atoms with Crippen molar-refractivity contribution < 1.29 is 27.4 Å². The molecule has 1 aromatic heterocycles. The summed E-state index contributed by atoms with van der Waals surface area (Å²) in [5.41, 5.74) is -0.559. The first-order valence-electron chi connectivity index (χ1n) is 9.07. The summed E-state index contributed by atoms with van der Waals surface area (Å²) < 4.78 is 52.2. The molecule has 3 aromatic rings. The van der Waals surface area contributed by atoms with Crippen molar-refractivity contribution in [1.29, 1.82) is 0 Å². The fraction of sp³-hybridized carbons (Fsp3) is 0.238. The third-order valence-corrected chi connectivity index (χ3v) is 4.28. The third kappa shape index (κ3) is 4.91. The Hall–Kier alpha value is -3.49. The van der Waals surface area contributed by atoms with E-state index in [4.69, 9.17) is 9.47 Å². The molecule has 158 valence electrons. The van der Waals surface area contributed by atoms with Gasteiger partial charge in [-0.2, -0.15) is 18.3 Å². The Kier molecular flexibility index (Phi) is 6.29. The Labute approximate surface area is 171 Å². The van der Waals surface area contributed by atoms with Crippen LogP contribution in [-0.4, -0.2) is 35.9 Å². The topological polar surface area (TPSA) is 65.4 Å². The molecule has 1 heterocycles. The van der Waals surface area contributed by atoms with Crippen molar-refractivity contribution in [3.63, 3.8) is 0 Å². The van der Waals surface area contributed by atoms with Crippen LogP contribution >= 0.6 is 0 Å². The number of nitrogens with zero attached hydrogens (tertiary/aromatic N) is 2. The molecule has 9 heteroatoms. The smallest absolute Gasteiger partial charge is 0.434 e. The summed E-state index contributed by atoms with van der Waals surface area (Å²) in [6.07, 6.45) is -3.84. The number of carbonyl (C=O) groups is 1. The molecule has 3 rings (SSSR count). The van der Waals surface area contributed by atoms with Gasteiger partial charge in [0.2, 0.25) is 0 Å². The molecule has 0 aliphatic heterocycles. The fourth-order valence-electron chi connectivity index (χ4n) is 2.77. The highest BCUT2D eigenvalue weighted by atomic mass is 19.4. The predicted octanol–water partition coefficient (Wildman–Crippen LogP) is 4.02. The second kappa shape index (κ2) is 8.89. The Morgan fingerprint density at radius 3 is 2.30 bits per heavy atom. The molecule has 1 amide bonds. The maximum Gasteiger partial charge on any atom is 0.434 e. The van der Waals surface area contributed by atoms with E-state index in [-0.39, 0.29) is 18.8 Å². The quantitative estimate of drug-likeness (QED) is 0.588. The Morgan fingerprint density at radius 1 is 1.07 bits per heavy atom. The highest BCUT2D eigenvalue weighted by Gasteiger charge is 2.40. The second-order valence-electron chi connectivity index (χ2n) is 6.43. The number of hydrogen-bond acceptors (Lipinski definition) is 4. The maximum atomic E-state index is 13.7. The van der Waals surface area contributed by atoms with Gasteiger partial charge in [-0.3, -0.25) is 4.79 Å². The Balaban J connectivity index is 1.68. The molecule has 0 fully saturated rings. The molecule has 1 N–H and O–H groups in total. The van der Waals surface area contributed by atoms with Gasteiger partial charge in [-0.1, -0.05) is 17.7 Å². The summed E-state index contributed by atoms with van der Waals surface area (Å²) in [5.74, 6) is 0.341. The van der Waals surface area contributed by atoms with Crippen LogP contribution < -0.4 is 14.8 Å². The van der Waals surface area contributed by atoms with Gasteiger partial charge in [0, 0.05) is 0 Å². The first-order valence-corrected chi connectivity index (χ1v) is 9.07. The first kappa shape index (κ1) is 21.2. The van der Waals surface area contributed by atoms with E-state index in [1.54, 1.807) is 43.5 Å². The molecule has 0 unspecified atom stereocenters. The third-order valence-electron chi connectivity index (χ3n) is 4.28. The maximum absolute atomic E-state index is 13.7. The van der Waals surface area contributed by atoms with Crippen LogP contribution in [0.5, 0.6) is 11.5 Å². The van der Waals surface area contributed by atoms with Crippen LogP contribution in [0.2, 0.25) is 0 Å². The van der Waals surface area contributed by atoms with Gasteiger partial charge in [-0.05, 0) is 43.3 Å². The molecule has 0 atom stereocenters. The number of alkyl halides is 3. The molecule has 0 saturated carbocycles. The van der Waals surface area contributed by atoms with E-state index in [0.29, 0.717) is 11.5 Å². The number of aryl methyl sites for hydroxylation is 1. The van der Waals surface area contributed by atoms with E-state index in [1.165, 1.54) is 12.1 Å². The summed E-state index contributed by atoms with van der Waals surface area (Å²) in [7, 11) is 1.54. The monoisotopic (exact) mass is 419 g/mol. The summed E-state index contributed by atoms with van der Waals surface area (Å²) in [6.45, 7) is 1.94. The Bertz CT molecular complexity index is 997. The van der Waals surface area contributed by atoms with Crippen LogP contribution in [0.1, 0.15) is 21.6 Å². The molecule has 0 bridgehead atoms. The molecule has 0 saturated heterocycles. The minimum Gasteiger partial charge on any atom is -0.497 e. The average Bonchev–Trinajstić information content (AvgIpc) is 3.18. The minimum absolute atomic E-state index is 0.0257. The van der Waals surface area contributed by atoms with Gasteiger partial charge < -0.3 is 14.8 Å². The Morgan fingerprint density at radius 2 is 1.70 bits per heavy atom. The van der Waals surface area contributed by atoms with Crippen LogP contribution in [0.3, 0.4) is 0 Å². The van der Waals surface area contributed by atoms with Crippen molar-refractivity contribution in [3.05, 3.63) is 71.5 Å². The molecule has 0 spiro atoms. The van der Waals surface area contributed by atoms with E-state index < -0.39 is 23.3 Å². The van der Waals surface area contributed by atoms with Gasteiger partial charge in [-0.15, -0.1) is 0 Å². The van der Waals surface area contributed by atoms with Gasteiger partial charge in [0.25, 0.3) is 5.91 Å². The van der Waals surface area contributed by atoms with Gasteiger partial charge in [-0.25, -0.2) is 4.68 Å². The van der Waals surface area contributed by atoms with Gasteiger partial charge in [0.15, 0.2) is 5.69 Å². The number of rotatable bonds is 7. The average molecular weight is 419 g/mol. The zero-order valence-corrected chi connectivity index (χ0v) is 16.4. The van der Waals surface area contributed by atoms with Crippen molar-refractivity contribution in [3.8, 4) is 17.2 Å². The van der Waals surface area contributed by atoms with E-state index in [1.807, 2.05) is 6.92 Å². The van der Waals surface area contributed by atoms with Crippen molar-refractivity contribution in [1.82, 2.24) is 15.1 Å².